The second kappa shape index (κ2) is 7.36. The van der Waals surface area contributed by atoms with Crippen LogP contribution in [-0.4, -0.2) is 16.7 Å². The minimum atomic E-state index is -0.332. The van der Waals surface area contributed by atoms with E-state index in [1.54, 1.807) is 23.6 Å². The lowest BCUT2D eigenvalue weighted by molar-refractivity contribution is -0.117. The summed E-state index contributed by atoms with van der Waals surface area (Å²) in [6.45, 7) is 5.95. The number of hydrogen-bond donors (Lipinski definition) is 2. The van der Waals surface area contributed by atoms with Gasteiger partial charge in [-0.2, -0.15) is 0 Å². The highest BCUT2D eigenvalue weighted by atomic mass is 32.1. The van der Waals surface area contributed by atoms with Crippen molar-refractivity contribution >= 4 is 28.8 Å². The number of aryl methyl sites for hydroxylation is 1. The number of dihydropyridines is 1. The molecule has 0 saturated carbocycles. The summed E-state index contributed by atoms with van der Waals surface area (Å²) in [7, 11) is 0. The molecule has 1 amide bonds. The Hall–Kier alpha value is -2.73. The van der Waals surface area contributed by atoms with Crippen molar-refractivity contribution in [3.05, 3.63) is 68.8 Å². The number of amides is 1. The molecular formula is C22H23N3O2S. The number of allylic oxidation sites excluding steroid dienone is 3. The van der Waals surface area contributed by atoms with E-state index in [4.69, 9.17) is 0 Å². The third-order valence-electron chi connectivity index (χ3n) is 5.26. The normalized spacial score (nSPS) is 22.0. The quantitative estimate of drug-likeness (QED) is 0.815. The van der Waals surface area contributed by atoms with E-state index in [0.717, 1.165) is 33.8 Å². The number of rotatable bonds is 3. The van der Waals surface area contributed by atoms with Crippen LogP contribution in [-0.2, 0) is 9.59 Å². The molecule has 0 fully saturated rings. The Labute approximate surface area is 168 Å². The number of anilines is 1. The van der Waals surface area contributed by atoms with Crippen molar-refractivity contribution in [2.75, 3.05) is 5.32 Å². The van der Waals surface area contributed by atoms with Crippen molar-refractivity contribution in [1.29, 1.82) is 0 Å². The van der Waals surface area contributed by atoms with E-state index in [1.165, 1.54) is 0 Å². The summed E-state index contributed by atoms with van der Waals surface area (Å²) in [6.07, 6.45) is 3.07. The minimum Gasteiger partial charge on any atom is -0.362 e. The molecule has 0 aromatic carbocycles. The van der Waals surface area contributed by atoms with E-state index in [2.05, 4.69) is 22.5 Å². The van der Waals surface area contributed by atoms with Crippen LogP contribution in [0.25, 0.3) is 0 Å². The Morgan fingerprint density at radius 3 is 2.75 bits per heavy atom. The van der Waals surface area contributed by atoms with Crippen LogP contribution >= 0.6 is 11.3 Å². The molecule has 4 rings (SSSR count). The largest absolute Gasteiger partial charge is 0.362 e. The summed E-state index contributed by atoms with van der Waals surface area (Å²) in [5.41, 5.74) is 4.12. The Kier molecular flexibility index (Phi) is 4.89. The number of ketones is 1. The van der Waals surface area contributed by atoms with Gasteiger partial charge < -0.3 is 10.6 Å². The van der Waals surface area contributed by atoms with Gasteiger partial charge in [-0.25, -0.2) is 4.98 Å². The third-order valence-corrected chi connectivity index (χ3v) is 6.19. The molecule has 28 heavy (non-hydrogen) atoms. The molecule has 1 aliphatic carbocycles. The minimum absolute atomic E-state index is 0.130. The van der Waals surface area contributed by atoms with Gasteiger partial charge in [0.2, 0.25) is 0 Å². The SMILES string of the molecule is CC1=C(C(=O)Nc2ccc(C)cn2)[C@H](c2cccs2)C2=C(C[C@H](C)CC2=O)N1. The first kappa shape index (κ1) is 18.6. The first-order valence-electron chi connectivity index (χ1n) is 9.45. The van der Waals surface area contributed by atoms with Crippen LogP contribution < -0.4 is 10.6 Å². The van der Waals surface area contributed by atoms with Gasteiger partial charge in [-0.15, -0.1) is 11.3 Å². The van der Waals surface area contributed by atoms with Gasteiger partial charge in [0.1, 0.15) is 5.82 Å². The van der Waals surface area contributed by atoms with Gasteiger partial charge in [-0.05, 0) is 49.3 Å². The number of carbonyl (C=O) groups is 2. The number of carbonyl (C=O) groups excluding carboxylic acids is 2. The molecule has 0 bridgehead atoms. The molecule has 144 valence electrons. The predicted octanol–water partition coefficient (Wildman–Crippen LogP) is 4.30. The van der Waals surface area contributed by atoms with Gasteiger partial charge in [0.15, 0.2) is 5.78 Å². The molecule has 6 heteroatoms. The summed E-state index contributed by atoms with van der Waals surface area (Å²) in [6, 6.07) is 7.66. The second-order valence-corrected chi connectivity index (χ2v) is 8.60. The highest BCUT2D eigenvalue weighted by molar-refractivity contribution is 7.10. The lowest BCUT2D eigenvalue weighted by Gasteiger charge is -2.35. The average molecular weight is 394 g/mol. The van der Waals surface area contributed by atoms with Crippen LogP contribution in [0.3, 0.4) is 0 Å². The Bertz CT molecular complexity index is 987. The second-order valence-electron chi connectivity index (χ2n) is 7.62. The van der Waals surface area contributed by atoms with E-state index >= 15 is 0 Å². The molecular weight excluding hydrogens is 370 g/mol. The first-order chi connectivity index (χ1) is 13.4. The molecule has 2 aliphatic rings. The summed E-state index contributed by atoms with van der Waals surface area (Å²) in [5, 5.41) is 8.25. The number of hydrogen-bond acceptors (Lipinski definition) is 5. The third kappa shape index (κ3) is 3.40. The number of Topliss-reactive ketones (excluding diaryl/α,β-unsaturated/α-hetero) is 1. The maximum absolute atomic E-state index is 13.2. The molecule has 0 radical (unpaired) electrons. The van der Waals surface area contributed by atoms with Crippen LogP contribution in [0, 0.1) is 12.8 Å². The summed E-state index contributed by atoms with van der Waals surface area (Å²) in [5.74, 6) is 0.386. The standard InChI is InChI=1S/C22H23N3O2S/c1-12-6-7-18(23-11-12)25-22(27)19-14(3)24-15-9-13(2)10-16(26)20(15)21(19)17-5-4-8-28-17/h4-8,11,13,21,24H,9-10H2,1-3H3,(H,23,25,27)/t13-,21-/m0/s1. The van der Waals surface area contributed by atoms with Crippen LogP contribution in [0.4, 0.5) is 5.82 Å². The molecule has 1 aliphatic heterocycles. The van der Waals surface area contributed by atoms with Crippen molar-refractivity contribution in [3.63, 3.8) is 0 Å². The summed E-state index contributed by atoms with van der Waals surface area (Å²) < 4.78 is 0. The van der Waals surface area contributed by atoms with Gasteiger partial charge in [0.25, 0.3) is 5.91 Å². The maximum Gasteiger partial charge on any atom is 0.255 e. The Balaban J connectivity index is 1.74. The molecule has 2 atom stereocenters. The fourth-order valence-corrected chi connectivity index (χ4v) is 4.84. The molecule has 2 aromatic rings. The molecule has 2 aromatic heterocycles. The monoisotopic (exact) mass is 393 g/mol. The van der Waals surface area contributed by atoms with E-state index in [-0.39, 0.29) is 17.6 Å². The van der Waals surface area contributed by atoms with Crippen LogP contribution in [0.5, 0.6) is 0 Å². The molecule has 0 saturated heterocycles. The fourth-order valence-electron chi connectivity index (χ4n) is 4.00. The van der Waals surface area contributed by atoms with E-state index in [0.29, 0.717) is 23.7 Å². The predicted molar refractivity (Wildman–Crippen MR) is 111 cm³/mol. The number of thiophene rings is 1. The topological polar surface area (TPSA) is 71.1 Å². The van der Waals surface area contributed by atoms with Crippen LogP contribution in [0.1, 0.15) is 43.0 Å². The zero-order valence-corrected chi connectivity index (χ0v) is 17.0. The van der Waals surface area contributed by atoms with Gasteiger partial charge in [0.05, 0.1) is 5.92 Å². The van der Waals surface area contributed by atoms with Crippen molar-refractivity contribution in [2.24, 2.45) is 5.92 Å². The smallest absolute Gasteiger partial charge is 0.255 e. The van der Waals surface area contributed by atoms with Crippen molar-refractivity contribution in [2.45, 2.75) is 39.5 Å². The lowest BCUT2D eigenvalue weighted by Crippen LogP contribution is -2.36. The number of aromatic nitrogens is 1. The van der Waals surface area contributed by atoms with Crippen molar-refractivity contribution in [3.8, 4) is 0 Å². The number of pyridine rings is 1. The molecule has 0 unspecified atom stereocenters. The Morgan fingerprint density at radius 2 is 2.07 bits per heavy atom. The van der Waals surface area contributed by atoms with Crippen LogP contribution in [0.2, 0.25) is 0 Å². The van der Waals surface area contributed by atoms with Crippen molar-refractivity contribution < 1.29 is 9.59 Å². The average Bonchev–Trinajstić information content (AvgIpc) is 3.16. The Morgan fingerprint density at radius 1 is 1.25 bits per heavy atom. The number of nitrogens with one attached hydrogen (secondary N) is 2. The molecule has 3 heterocycles. The summed E-state index contributed by atoms with van der Waals surface area (Å²) >= 11 is 1.58. The van der Waals surface area contributed by atoms with Gasteiger partial charge >= 0.3 is 0 Å². The van der Waals surface area contributed by atoms with E-state index < -0.39 is 0 Å². The highest BCUT2D eigenvalue weighted by Crippen LogP contribution is 2.44. The number of nitrogens with zero attached hydrogens (tertiary/aromatic N) is 1. The molecule has 0 spiro atoms. The van der Waals surface area contributed by atoms with Crippen LogP contribution in [0.15, 0.2) is 58.4 Å². The van der Waals surface area contributed by atoms with E-state index in [9.17, 15) is 9.59 Å². The summed E-state index contributed by atoms with van der Waals surface area (Å²) in [4.78, 5) is 31.5. The van der Waals surface area contributed by atoms with Gasteiger partial charge in [0, 0.05) is 40.0 Å². The fraction of sp³-hybridized carbons (Fsp3) is 0.318. The highest BCUT2D eigenvalue weighted by Gasteiger charge is 2.40. The lowest BCUT2D eigenvalue weighted by atomic mass is 9.75. The van der Waals surface area contributed by atoms with Gasteiger partial charge in [-0.1, -0.05) is 19.1 Å². The molecule has 2 N–H and O–H groups in total. The maximum atomic E-state index is 13.2. The van der Waals surface area contributed by atoms with E-state index in [1.807, 2.05) is 37.4 Å². The van der Waals surface area contributed by atoms with Crippen molar-refractivity contribution in [1.82, 2.24) is 10.3 Å². The molecule has 5 nitrogen and oxygen atoms in total. The zero-order valence-electron chi connectivity index (χ0n) is 16.2. The first-order valence-corrected chi connectivity index (χ1v) is 10.3. The zero-order chi connectivity index (χ0) is 19.8. The van der Waals surface area contributed by atoms with Gasteiger partial charge in [-0.3, -0.25) is 9.59 Å².